The average molecular weight is 301 g/mol. The lowest BCUT2D eigenvalue weighted by Gasteiger charge is -2.32. The molecule has 5 heteroatoms. The van der Waals surface area contributed by atoms with Crippen molar-refractivity contribution in [2.75, 3.05) is 33.2 Å². The van der Waals surface area contributed by atoms with E-state index in [1.54, 1.807) is 0 Å². The number of nitrogens with zero attached hydrogens (tertiary/aromatic N) is 2. The molecule has 0 unspecified atom stereocenters. The van der Waals surface area contributed by atoms with Crippen molar-refractivity contribution in [3.8, 4) is 0 Å². The second-order valence-corrected chi connectivity index (χ2v) is 6.28. The second-order valence-electron chi connectivity index (χ2n) is 6.28. The highest BCUT2D eigenvalue weighted by Gasteiger charge is 2.29. The van der Waals surface area contributed by atoms with Crippen LogP contribution in [0.3, 0.4) is 0 Å². The molecule has 1 saturated heterocycles. The predicted octanol–water partition coefficient (Wildman–Crippen LogP) is 1.10. The van der Waals surface area contributed by atoms with Gasteiger partial charge in [0.2, 0.25) is 5.91 Å². The molecule has 1 aromatic rings. The van der Waals surface area contributed by atoms with Gasteiger partial charge in [-0.2, -0.15) is 0 Å². The van der Waals surface area contributed by atoms with Gasteiger partial charge in [0.25, 0.3) is 5.91 Å². The zero-order valence-electron chi connectivity index (χ0n) is 13.0. The Morgan fingerprint density at radius 3 is 2.32 bits per heavy atom. The normalized spacial score (nSPS) is 19.0. The van der Waals surface area contributed by atoms with E-state index in [4.69, 9.17) is 0 Å². The Morgan fingerprint density at radius 1 is 1.09 bits per heavy atom. The van der Waals surface area contributed by atoms with Gasteiger partial charge in [0.1, 0.15) is 0 Å². The van der Waals surface area contributed by atoms with Crippen LogP contribution < -0.4 is 5.32 Å². The molecule has 3 rings (SSSR count). The molecule has 0 radical (unpaired) electrons. The molecule has 1 saturated carbocycles. The first-order valence-corrected chi connectivity index (χ1v) is 7.98. The molecule has 2 amide bonds. The van der Waals surface area contributed by atoms with Crippen LogP contribution in [-0.2, 0) is 11.3 Å². The maximum Gasteiger partial charge on any atom is 0.253 e. The lowest BCUT2D eigenvalue weighted by Crippen LogP contribution is -2.47. The first-order valence-electron chi connectivity index (χ1n) is 7.98. The van der Waals surface area contributed by atoms with Gasteiger partial charge in [-0.25, -0.2) is 0 Å². The summed E-state index contributed by atoms with van der Waals surface area (Å²) in [5.74, 6) is 0.484. The van der Waals surface area contributed by atoms with Crippen LogP contribution in [-0.4, -0.2) is 54.8 Å². The van der Waals surface area contributed by atoms with Crippen LogP contribution in [0.5, 0.6) is 0 Å². The second kappa shape index (κ2) is 6.48. The third kappa shape index (κ3) is 3.65. The monoisotopic (exact) mass is 301 g/mol. The van der Waals surface area contributed by atoms with Crippen LogP contribution >= 0.6 is 0 Å². The highest BCUT2D eigenvalue weighted by Crippen LogP contribution is 2.28. The fraction of sp³-hybridized carbons (Fsp3) is 0.529. The van der Waals surface area contributed by atoms with Crippen LogP contribution in [0.2, 0.25) is 0 Å². The van der Waals surface area contributed by atoms with E-state index < -0.39 is 0 Å². The number of rotatable bonds is 4. The highest BCUT2D eigenvalue weighted by molar-refractivity contribution is 5.94. The standard InChI is InChI=1S/C17H23N3O2/c1-19-8-10-20(11-9-19)17(22)15-4-2-13(3-5-15)12-18-16(21)14-6-7-14/h2-5,14H,6-12H2,1H3,(H,18,21). The zero-order valence-corrected chi connectivity index (χ0v) is 13.0. The minimum Gasteiger partial charge on any atom is -0.352 e. The number of hydrogen-bond donors (Lipinski definition) is 1. The van der Waals surface area contributed by atoms with Gasteiger partial charge in [0, 0.05) is 44.2 Å². The molecular weight excluding hydrogens is 278 g/mol. The Balaban J connectivity index is 1.54. The van der Waals surface area contributed by atoms with Gasteiger partial charge in [0.05, 0.1) is 0 Å². The molecule has 2 fully saturated rings. The topological polar surface area (TPSA) is 52.6 Å². The van der Waals surface area contributed by atoms with Crippen LogP contribution in [0.25, 0.3) is 0 Å². The number of carbonyl (C=O) groups excluding carboxylic acids is 2. The van der Waals surface area contributed by atoms with Gasteiger partial charge in [-0.1, -0.05) is 12.1 Å². The van der Waals surface area contributed by atoms with Crippen molar-refractivity contribution < 1.29 is 9.59 Å². The summed E-state index contributed by atoms with van der Waals surface area (Å²) >= 11 is 0. The maximum atomic E-state index is 12.4. The lowest BCUT2D eigenvalue weighted by atomic mass is 10.1. The minimum atomic E-state index is 0.0988. The summed E-state index contributed by atoms with van der Waals surface area (Å²) in [4.78, 5) is 28.2. The minimum absolute atomic E-state index is 0.0988. The summed E-state index contributed by atoms with van der Waals surface area (Å²) in [5, 5.41) is 2.94. The summed E-state index contributed by atoms with van der Waals surface area (Å²) in [6, 6.07) is 7.57. The molecule has 0 atom stereocenters. The molecule has 0 spiro atoms. The Morgan fingerprint density at radius 2 is 1.73 bits per heavy atom. The number of benzene rings is 1. The number of nitrogens with one attached hydrogen (secondary N) is 1. The molecule has 1 aliphatic heterocycles. The van der Waals surface area contributed by atoms with Crippen LogP contribution in [0.15, 0.2) is 24.3 Å². The van der Waals surface area contributed by atoms with E-state index in [0.717, 1.165) is 50.1 Å². The molecule has 22 heavy (non-hydrogen) atoms. The summed E-state index contributed by atoms with van der Waals surface area (Å²) in [7, 11) is 2.08. The van der Waals surface area contributed by atoms with E-state index >= 15 is 0 Å². The van der Waals surface area contributed by atoms with Crippen molar-refractivity contribution in [3.63, 3.8) is 0 Å². The van der Waals surface area contributed by atoms with Gasteiger partial charge in [0.15, 0.2) is 0 Å². The Labute approximate surface area is 131 Å². The van der Waals surface area contributed by atoms with Gasteiger partial charge in [-0.3, -0.25) is 9.59 Å². The number of carbonyl (C=O) groups is 2. The summed E-state index contributed by atoms with van der Waals surface area (Å²) in [6.45, 7) is 3.97. The summed E-state index contributed by atoms with van der Waals surface area (Å²) in [6.07, 6.45) is 2.04. The first kappa shape index (κ1) is 15.0. The lowest BCUT2D eigenvalue weighted by molar-refractivity contribution is -0.122. The number of hydrogen-bond acceptors (Lipinski definition) is 3. The number of likely N-dealkylation sites (N-methyl/N-ethyl adjacent to an activating group) is 1. The van der Waals surface area contributed by atoms with Crippen LogP contribution in [0.1, 0.15) is 28.8 Å². The van der Waals surface area contributed by atoms with Crippen molar-refractivity contribution in [1.82, 2.24) is 15.1 Å². The van der Waals surface area contributed by atoms with E-state index in [1.807, 2.05) is 29.2 Å². The third-order valence-electron chi connectivity index (χ3n) is 4.41. The molecule has 1 aromatic carbocycles. The fourth-order valence-corrected chi connectivity index (χ4v) is 2.64. The maximum absolute atomic E-state index is 12.4. The zero-order chi connectivity index (χ0) is 15.5. The number of amides is 2. The van der Waals surface area contributed by atoms with Gasteiger partial charge >= 0.3 is 0 Å². The largest absolute Gasteiger partial charge is 0.352 e. The van der Waals surface area contributed by atoms with Crippen molar-refractivity contribution in [1.29, 1.82) is 0 Å². The molecule has 0 aromatic heterocycles. The first-order chi connectivity index (χ1) is 10.6. The van der Waals surface area contributed by atoms with E-state index in [0.29, 0.717) is 6.54 Å². The fourth-order valence-electron chi connectivity index (χ4n) is 2.64. The molecule has 1 aliphatic carbocycles. The summed E-state index contributed by atoms with van der Waals surface area (Å²) in [5.41, 5.74) is 1.76. The molecule has 1 heterocycles. The quantitative estimate of drug-likeness (QED) is 0.906. The SMILES string of the molecule is CN1CCN(C(=O)c2ccc(CNC(=O)C3CC3)cc2)CC1. The molecule has 1 N–H and O–H groups in total. The number of piperazine rings is 1. The van der Waals surface area contributed by atoms with E-state index in [-0.39, 0.29) is 17.7 Å². The van der Waals surface area contributed by atoms with Crippen LogP contribution in [0, 0.1) is 5.92 Å². The molecular formula is C17H23N3O2. The van der Waals surface area contributed by atoms with Crippen molar-refractivity contribution >= 4 is 11.8 Å². The molecule has 2 aliphatic rings. The van der Waals surface area contributed by atoms with Gasteiger partial charge in [-0.15, -0.1) is 0 Å². The van der Waals surface area contributed by atoms with Crippen molar-refractivity contribution in [2.24, 2.45) is 5.92 Å². The molecule has 0 bridgehead atoms. The predicted molar refractivity (Wildman–Crippen MR) is 84.4 cm³/mol. The Kier molecular flexibility index (Phi) is 4.43. The van der Waals surface area contributed by atoms with Crippen molar-refractivity contribution in [2.45, 2.75) is 19.4 Å². The van der Waals surface area contributed by atoms with E-state index in [1.165, 1.54) is 0 Å². The Bertz CT molecular complexity index is 544. The van der Waals surface area contributed by atoms with Crippen molar-refractivity contribution in [3.05, 3.63) is 35.4 Å². The van der Waals surface area contributed by atoms with Gasteiger partial charge in [-0.05, 0) is 37.6 Å². The smallest absolute Gasteiger partial charge is 0.253 e. The summed E-state index contributed by atoms with van der Waals surface area (Å²) < 4.78 is 0. The molecule has 5 nitrogen and oxygen atoms in total. The average Bonchev–Trinajstić information content (AvgIpc) is 3.38. The van der Waals surface area contributed by atoms with Gasteiger partial charge < -0.3 is 15.1 Å². The third-order valence-corrected chi connectivity index (χ3v) is 4.41. The Hall–Kier alpha value is -1.88. The van der Waals surface area contributed by atoms with E-state index in [2.05, 4.69) is 17.3 Å². The van der Waals surface area contributed by atoms with E-state index in [9.17, 15) is 9.59 Å². The van der Waals surface area contributed by atoms with Crippen LogP contribution in [0.4, 0.5) is 0 Å². The highest BCUT2D eigenvalue weighted by atomic mass is 16.2. The molecule has 118 valence electrons.